The van der Waals surface area contributed by atoms with Gasteiger partial charge in [-0.15, -0.1) is 11.3 Å². The molecule has 2 N–H and O–H groups in total. The molecule has 156 valence electrons. The predicted molar refractivity (Wildman–Crippen MR) is 110 cm³/mol. The molecular weight excluding hydrogens is 416 g/mol. The van der Waals surface area contributed by atoms with Crippen LogP contribution in [0, 0.1) is 6.92 Å². The Morgan fingerprint density at radius 1 is 1.24 bits per heavy atom. The summed E-state index contributed by atoms with van der Waals surface area (Å²) in [5.41, 5.74) is 1.35. The van der Waals surface area contributed by atoms with Gasteiger partial charge >= 0.3 is 6.03 Å². The minimum atomic E-state index is -0.512. The second-order valence-corrected chi connectivity index (χ2v) is 8.33. The molecule has 3 rings (SSSR count). The van der Waals surface area contributed by atoms with E-state index in [0.717, 1.165) is 4.88 Å². The maximum absolute atomic E-state index is 12.6. The van der Waals surface area contributed by atoms with E-state index in [1.807, 2.05) is 12.3 Å². The van der Waals surface area contributed by atoms with Crippen LogP contribution in [-0.4, -0.2) is 84.6 Å². The molecule has 1 fully saturated rings. The number of carbonyl (C=O) groups excluding carboxylic acids is 3. The number of amides is 4. The number of thiazole rings is 2. The van der Waals surface area contributed by atoms with Crippen molar-refractivity contribution in [2.75, 3.05) is 52.3 Å². The highest BCUT2D eigenvalue weighted by Crippen LogP contribution is 2.33. The van der Waals surface area contributed by atoms with Crippen molar-refractivity contribution >= 4 is 45.7 Å². The van der Waals surface area contributed by atoms with E-state index in [1.54, 1.807) is 19.0 Å². The second kappa shape index (κ2) is 9.29. The summed E-state index contributed by atoms with van der Waals surface area (Å²) in [6.45, 7) is 3.91. The van der Waals surface area contributed by atoms with Crippen LogP contribution in [-0.2, 0) is 9.53 Å². The number of ether oxygens (including phenoxy) is 1. The van der Waals surface area contributed by atoms with Gasteiger partial charge in [-0.2, -0.15) is 0 Å². The Bertz CT molecular complexity index is 904. The number of morpholine rings is 1. The molecule has 2 aromatic rings. The molecule has 0 aromatic carbocycles. The Morgan fingerprint density at radius 3 is 2.66 bits per heavy atom. The van der Waals surface area contributed by atoms with E-state index in [9.17, 15) is 14.4 Å². The summed E-state index contributed by atoms with van der Waals surface area (Å²) < 4.78 is 5.27. The second-order valence-electron chi connectivity index (χ2n) is 6.47. The quantitative estimate of drug-likeness (QED) is 0.726. The Kier molecular flexibility index (Phi) is 6.77. The van der Waals surface area contributed by atoms with Gasteiger partial charge in [-0.3, -0.25) is 14.9 Å². The predicted octanol–water partition coefficient (Wildman–Crippen LogP) is 1.26. The summed E-state index contributed by atoms with van der Waals surface area (Å²) >= 11 is 2.55. The lowest BCUT2D eigenvalue weighted by Gasteiger charge is -2.25. The number of urea groups is 1. The zero-order valence-corrected chi connectivity index (χ0v) is 18.0. The molecule has 0 aliphatic carbocycles. The minimum absolute atomic E-state index is 0.102. The van der Waals surface area contributed by atoms with Gasteiger partial charge in [-0.05, 0) is 6.92 Å². The first-order chi connectivity index (χ1) is 13.8. The van der Waals surface area contributed by atoms with E-state index in [1.165, 1.54) is 27.6 Å². The van der Waals surface area contributed by atoms with E-state index < -0.39 is 6.03 Å². The average molecular weight is 439 g/mol. The zero-order valence-electron chi connectivity index (χ0n) is 16.4. The van der Waals surface area contributed by atoms with Crippen molar-refractivity contribution in [3.05, 3.63) is 16.1 Å². The number of anilines is 1. The monoisotopic (exact) mass is 438 g/mol. The lowest BCUT2D eigenvalue weighted by atomic mass is 10.3. The first-order valence-corrected chi connectivity index (χ1v) is 10.6. The van der Waals surface area contributed by atoms with Crippen LogP contribution in [0.2, 0.25) is 0 Å². The summed E-state index contributed by atoms with van der Waals surface area (Å²) in [5.74, 6) is -0.314. The number of hydrogen-bond donors (Lipinski definition) is 2. The largest absolute Gasteiger partial charge is 0.378 e. The van der Waals surface area contributed by atoms with Crippen LogP contribution in [0.15, 0.2) is 5.38 Å². The molecule has 1 saturated heterocycles. The van der Waals surface area contributed by atoms with Gasteiger partial charge < -0.3 is 19.9 Å². The molecule has 0 unspecified atom stereocenters. The first-order valence-electron chi connectivity index (χ1n) is 8.90. The SMILES string of the molecule is Cc1nc(NC(=O)NCC(=O)N(C)C)sc1-c1csc(C(=O)N2CCOCC2)n1. The van der Waals surface area contributed by atoms with Crippen LogP contribution in [0.1, 0.15) is 15.5 Å². The van der Waals surface area contributed by atoms with Crippen molar-refractivity contribution < 1.29 is 19.1 Å². The molecule has 0 saturated carbocycles. The number of aryl methyl sites for hydroxylation is 1. The first kappa shape index (κ1) is 21.1. The highest BCUT2D eigenvalue weighted by Gasteiger charge is 2.23. The van der Waals surface area contributed by atoms with Gasteiger partial charge in [-0.25, -0.2) is 14.8 Å². The molecule has 0 bridgehead atoms. The number of rotatable bonds is 5. The Labute approximate surface area is 175 Å². The van der Waals surface area contributed by atoms with E-state index >= 15 is 0 Å². The van der Waals surface area contributed by atoms with E-state index in [2.05, 4.69) is 20.6 Å². The standard InChI is InChI=1S/C17H22N6O4S2/c1-10-13(29-17(19-10)21-16(26)18-8-12(24)22(2)3)11-9-28-14(20-11)15(25)23-4-6-27-7-5-23/h9H,4-8H2,1-3H3,(H2,18,19,21,26). The Morgan fingerprint density at radius 2 is 1.97 bits per heavy atom. The zero-order chi connectivity index (χ0) is 21.0. The number of likely N-dealkylation sites (N-methyl/N-ethyl adjacent to an activating group) is 1. The van der Waals surface area contributed by atoms with Crippen molar-refractivity contribution in [3.63, 3.8) is 0 Å². The number of aromatic nitrogens is 2. The van der Waals surface area contributed by atoms with Gasteiger partial charge in [0.25, 0.3) is 5.91 Å². The Hall–Kier alpha value is -2.57. The third-order valence-electron chi connectivity index (χ3n) is 4.13. The third kappa shape index (κ3) is 5.28. The summed E-state index contributed by atoms with van der Waals surface area (Å²) in [7, 11) is 3.23. The van der Waals surface area contributed by atoms with E-state index in [4.69, 9.17) is 4.74 Å². The minimum Gasteiger partial charge on any atom is -0.378 e. The van der Waals surface area contributed by atoms with Gasteiger partial charge in [0.15, 0.2) is 10.1 Å². The highest BCUT2D eigenvalue weighted by atomic mass is 32.1. The molecule has 0 atom stereocenters. The average Bonchev–Trinajstić information content (AvgIpc) is 3.32. The lowest BCUT2D eigenvalue weighted by Crippen LogP contribution is -2.40. The number of hydrogen-bond acceptors (Lipinski definition) is 8. The Balaban J connectivity index is 1.64. The summed E-state index contributed by atoms with van der Waals surface area (Å²) in [4.78, 5) is 48.8. The maximum atomic E-state index is 12.6. The van der Waals surface area contributed by atoms with Crippen molar-refractivity contribution in [3.8, 4) is 10.6 Å². The van der Waals surface area contributed by atoms with Crippen LogP contribution in [0.5, 0.6) is 0 Å². The fourth-order valence-corrected chi connectivity index (χ4v) is 4.29. The molecule has 29 heavy (non-hydrogen) atoms. The summed E-state index contributed by atoms with van der Waals surface area (Å²) in [5, 5.41) is 7.73. The van der Waals surface area contributed by atoms with Gasteiger partial charge in [0.1, 0.15) is 0 Å². The smallest absolute Gasteiger partial charge is 0.321 e. The maximum Gasteiger partial charge on any atom is 0.321 e. The number of nitrogens with zero attached hydrogens (tertiary/aromatic N) is 4. The van der Waals surface area contributed by atoms with Crippen molar-refractivity contribution in [1.29, 1.82) is 0 Å². The normalized spacial score (nSPS) is 13.8. The van der Waals surface area contributed by atoms with Crippen LogP contribution in [0.4, 0.5) is 9.93 Å². The fourth-order valence-electron chi connectivity index (χ4n) is 2.52. The number of nitrogens with one attached hydrogen (secondary N) is 2. The summed E-state index contributed by atoms with van der Waals surface area (Å²) in [6, 6.07) is -0.512. The van der Waals surface area contributed by atoms with Crippen molar-refractivity contribution in [2.45, 2.75) is 6.92 Å². The molecule has 10 nitrogen and oxygen atoms in total. The van der Waals surface area contributed by atoms with Crippen LogP contribution in [0.3, 0.4) is 0 Å². The van der Waals surface area contributed by atoms with E-state index in [-0.39, 0.29) is 18.4 Å². The van der Waals surface area contributed by atoms with Gasteiger partial charge in [0.05, 0.1) is 36.0 Å². The van der Waals surface area contributed by atoms with Gasteiger partial charge in [0, 0.05) is 32.6 Å². The van der Waals surface area contributed by atoms with Crippen LogP contribution in [0.25, 0.3) is 10.6 Å². The molecule has 12 heteroatoms. The van der Waals surface area contributed by atoms with Gasteiger partial charge in [-0.1, -0.05) is 11.3 Å². The molecule has 0 spiro atoms. The highest BCUT2D eigenvalue weighted by molar-refractivity contribution is 7.19. The number of carbonyl (C=O) groups is 3. The third-order valence-corrected chi connectivity index (χ3v) is 6.06. The molecule has 1 aliphatic rings. The van der Waals surface area contributed by atoms with Crippen molar-refractivity contribution in [1.82, 2.24) is 25.1 Å². The molecule has 0 radical (unpaired) electrons. The molecule has 4 amide bonds. The molecule has 1 aliphatic heterocycles. The topological polar surface area (TPSA) is 117 Å². The fraction of sp³-hybridized carbons (Fsp3) is 0.471. The van der Waals surface area contributed by atoms with Gasteiger partial charge in [0.2, 0.25) is 5.91 Å². The van der Waals surface area contributed by atoms with Crippen molar-refractivity contribution in [2.24, 2.45) is 0 Å². The van der Waals surface area contributed by atoms with E-state index in [0.29, 0.717) is 47.8 Å². The summed E-state index contributed by atoms with van der Waals surface area (Å²) in [6.07, 6.45) is 0. The lowest BCUT2D eigenvalue weighted by molar-refractivity contribution is -0.127. The molecule has 2 aromatic heterocycles. The molecule has 3 heterocycles. The molecular formula is C17H22N6O4S2. The van der Waals surface area contributed by atoms with Crippen LogP contribution < -0.4 is 10.6 Å². The van der Waals surface area contributed by atoms with Crippen LogP contribution >= 0.6 is 22.7 Å².